The number of rotatable bonds is 9. The number of hydrogen-bond donors (Lipinski definition) is 2. The van der Waals surface area contributed by atoms with E-state index in [1.54, 1.807) is 58.9 Å². The van der Waals surface area contributed by atoms with Gasteiger partial charge < -0.3 is 24.8 Å². The summed E-state index contributed by atoms with van der Waals surface area (Å²) >= 11 is 0. The Balaban J connectivity index is 2.90. The number of alkyl carbamates (subject to hydrolysis) is 1. The highest BCUT2D eigenvalue weighted by atomic mass is 16.6. The summed E-state index contributed by atoms with van der Waals surface area (Å²) in [5.74, 6) is -1.11. The van der Waals surface area contributed by atoms with Crippen LogP contribution in [0.1, 0.15) is 54.0 Å². The van der Waals surface area contributed by atoms with Gasteiger partial charge >= 0.3 is 18.0 Å². The van der Waals surface area contributed by atoms with Crippen LogP contribution in [0.4, 0.5) is 4.79 Å². The first-order valence-electron chi connectivity index (χ1n) is 10.5. The van der Waals surface area contributed by atoms with Crippen LogP contribution in [0.15, 0.2) is 24.3 Å². The van der Waals surface area contributed by atoms with Gasteiger partial charge in [-0.1, -0.05) is 26.0 Å². The normalized spacial score (nSPS) is 13.0. The molecule has 0 unspecified atom stereocenters. The first-order valence-corrected chi connectivity index (χ1v) is 10.5. The van der Waals surface area contributed by atoms with Crippen molar-refractivity contribution in [3.8, 4) is 5.75 Å². The Bertz CT molecular complexity index is 798. The molecular formula is C23H34N2O7. The molecule has 2 atom stereocenters. The molecule has 0 saturated heterocycles. The van der Waals surface area contributed by atoms with Gasteiger partial charge in [0, 0.05) is 13.8 Å². The molecule has 0 radical (unpaired) electrons. The molecule has 0 aliphatic rings. The van der Waals surface area contributed by atoms with Crippen molar-refractivity contribution in [2.75, 3.05) is 6.61 Å². The van der Waals surface area contributed by atoms with Gasteiger partial charge in [0.05, 0.1) is 6.04 Å². The smallest absolute Gasteiger partial charge is 0.408 e. The van der Waals surface area contributed by atoms with Crippen LogP contribution in [-0.4, -0.2) is 48.2 Å². The Kier molecular flexibility index (Phi) is 10.2. The maximum Gasteiger partial charge on any atom is 0.408 e. The predicted molar refractivity (Wildman–Crippen MR) is 118 cm³/mol. The number of benzene rings is 1. The summed E-state index contributed by atoms with van der Waals surface area (Å²) < 4.78 is 15.4. The van der Waals surface area contributed by atoms with E-state index in [0.29, 0.717) is 12.2 Å². The van der Waals surface area contributed by atoms with Crippen molar-refractivity contribution in [1.29, 1.82) is 0 Å². The third-order valence-corrected chi connectivity index (χ3v) is 4.12. The third kappa shape index (κ3) is 10.8. The number of carbonyl (C=O) groups is 4. The molecule has 0 aliphatic carbocycles. The molecule has 2 N–H and O–H groups in total. The maximum absolute atomic E-state index is 12.9. The Morgan fingerprint density at radius 2 is 1.53 bits per heavy atom. The Morgan fingerprint density at radius 3 is 2.00 bits per heavy atom. The predicted octanol–water partition coefficient (Wildman–Crippen LogP) is 2.75. The summed E-state index contributed by atoms with van der Waals surface area (Å²) in [6, 6.07) is 5.42. The lowest BCUT2D eigenvalue weighted by Gasteiger charge is -2.27. The molecule has 0 bridgehead atoms. The van der Waals surface area contributed by atoms with Crippen molar-refractivity contribution in [3.05, 3.63) is 29.8 Å². The molecule has 1 aromatic carbocycles. The minimum atomic E-state index is -0.837. The number of esters is 2. The first-order chi connectivity index (χ1) is 14.8. The molecule has 0 saturated carbocycles. The van der Waals surface area contributed by atoms with Crippen LogP contribution in [0.5, 0.6) is 5.75 Å². The van der Waals surface area contributed by atoms with Gasteiger partial charge in [-0.2, -0.15) is 0 Å². The van der Waals surface area contributed by atoms with Gasteiger partial charge in [0.15, 0.2) is 0 Å². The quantitative estimate of drug-likeness (QED) is 0.438. The monoisotopic (exact) mass is 450 g/mol. The fourth-order valence-electron chi connectivity index (χ4n) is 2.77. The minimum Gasteiger partial charge on any atom is -0.464 e. The van der Waals surface area contributed by atoms with Crippen molar-refractivity contribution in [1.82, 2.24) is 10.6 Å². The van der Waals surface area contributed by atoms with E-state index in [1.165, 1.54) is 13.8 Å². The second-order valence-electron chi connectivity index (χ2n) is 8.82. The van der Waals surface area contributed by atoms with Gasteiger partial charge in [0.25, 0.3) is 0 Å². The Hall–Kier alpha value is -3.10. The van der Waals surface area contributed by atoms with Gasteiger partial charge in [0.1, 0.15) is 24.0 Å². The van der Waals surface area contributed by atoms with Crippen LogP contribution in [0.3, 0.4) is 0 Å². The summed E-state index contributed by atoms with van der Waals surface area (Å²) in [7, 11) is 0. The average molecular weight is 451 g/mol. The SMILES string of the molecule is CC(=O)OC[C@H](Cc1ccc(OC(C)=O)cc1)NC(=O)[C@@H](NC(=O)OC(C)(C)C)C(C)C. The van der Waals surface area contributed by atoms with E-state index in [-0.39, 0.29) is 12.5 Å². The second kappa shape index (κ2) is 12.1. The number of hydrogen-bond acceptors (Lipinski definition) is 7. The average Bonchev–Trinajstić information content (AvgIpc) is 2.63. The number of ether oxygens (including phenoxy) is 3. The molecule has 9 nitrogen and oxygen atoms in total. The molecular weight excluding hydrogens is 416 g/mol. The van der Waals surface area contributed by atoms with Crippen molar-refractivity contribution in [2.45, 2.75) is 72.6 Å². The van der Waals surface area contributed by atoms with Gasteiger partial charge in [-0.15, -0.1) is 0 Å². The summed E-state index contributed by atoms with van der Waals surface area (Å²) in [6.45, 7) is 11.4. The van der Waals surface area contributed by atoms with E-state index in [2.05, 4.69) is 10.6 Å². The topological polar surface area (TPSA) is 120 Å². The van der Waals surface area contributed by atoms with Crippen molar-refractivity contribution >= 4 is 23.9 Å². The van der Waals surface area contributed by atoms with E-state index in [1.807, 2.05) is 0 Å². The lowest BCUT2D eigenvalue weighted by atomic mass is 10.0. The standard InChI is InChI=1S/C23H34N2O7/c1-14(2)20(25-22(29)32-23(5,6)7)21(28)24-18(13-30-15(3)26)12-17-8-10-19(11-9-17)31-16(4)27/h8-11,14,18,20H,12-13H2,1-7H3,(H,24,28)(H,25,29)/t18-,20-/m0/s1. The van der Waals surface area contributed by atoms with E-state index < -0.39 is 41.6 Å². The molecule has 2 amide bonds. The zero-order valence-electron chi connectivity index (χ0n) is 19.8. The van der Waals surface area contributed by atoms with Gasteiger partial charge in [-0.05, 0) is 50.8 Å². The van der Waals surface area contributed by atoms with Gasteiger partial charge in [-0.3, -0.25) is 14.4 Å². The highest BCUT2D eigenvalue weighted by molar-refractivity contribution is 5.86. The zero-order valence-corrected chi connectivity index (χ0v) is 19.8. The summed E-state index contributed by atoms with van der Waals surface area (Å²) in [4.78, 5) is 47.4. The first kappa shape index (κ1) is 26.9. The van der Waals surface area contributed by atoms with Crippen LogP contribution < -0.4 is 15.4 Å². The fraction of sp³-hybridized carbons (Fsp3) is 0.565. The van der Waals surface area contributed by atoms with Crippen molar-refractivity contribution in [3.63, 3.8) is 0 Å². The summed E-state index contributed by atoms with van der Waals surface area (Å²) in [6.07, 6.45) is -0.333. The Labute approximate surface area is 189 Å². The lowest BCUT2D eigenvalue weighted by molar-refractivity contribution is -0.142. The summed E-state index contributed by atoms with van der Waals surface area (Å²) in [5.41, 5.74) is 0.137. The maximum atomic E-state index is 12.9. The minimum absolute atomic E-state index is 0.0377. The molecule has 178 valence electrons. The van der Waals surface area contributed by atoms with Crippen molar-refractivity contribution < 1.29 is 33.4 Å². The Morgan fingerprint density at radius 1 is 0.938 bits per heavy atom. The highest BCUT2D eigenvalue weighted by Crippen LogP contribution is 2.15. The van der Waals surface area contributed by atoms with E-state index in [9.17, 15) is 19.2 Å². The molecule has 1 rings (SSSR count). The van der Waals surface area contributed by atoms with Crippen molar-refractivity contribution in [2.24, 2.45) is 5.92 Å². The van der Waals surface area contributed by atoms with Crippen LogP contribution in [-0.2, 0) is 30.3 Å². The van der Waals surface area contributed by atoms with E-state index >= 15 is 0 Å². The molecule has 0 heterocycles. The number of amides is 2. The van der Waals surface area contributed by atoms with E-state index in [0.717, 1.165) is 5.56 Å². The number of carbonyl (C=O) groups excluding carboxylic acids is 4. The molecule has 0 aromatic heterocycles. The van der Waals surface area contributed by atoms with Crippen LogP contribution in [0, 0.1) is 5.92 Å². The molecule has 0 aliphatic heterocycles. The van der Waals surface area contributed by atoms with Crippen LogP contribution >= 0.6 is 0 Å². The highest BCUT2D eigenvalue weighted by Gasteiger charge is 2.28. The molecule has 1 aromatic rings. The second-order valence-corrected chi connectivity index (χ2v) is 8.82. The van der Waals surface area contributed by atoms with E-state index in [4.69, 9.17) is 14.2 Å². The van der Waals surface area contributed by atoms with Gasteiger partial charge in [-0.25, -0.2) is 4.79 Å². The molecule has 0 fully saturated rings. The van der Waals surface area contributed by atoms with Crippen LogP contribution in [0.2, 0.25) is 0 Å². The number of nitrogens with one attached hydrogen (secondary N) is 2. The lowest BCUT2D eigenvalue weighted by Crippen LogP contribution is -2.54. The molecule has 9 heteroatoms. The van der Waals surface area contributed by atoms with Gasteiger partial charge in [0.2, 0.25) is 5.91 Å². The molecule has 32 heavy (non-hydrogen) atoms. The largest absolute Gasteiger partial charge is 0.464 e. The fourth-order valence-corrected chi connectivity index (χ4v) is 2.77. The molecule has 0 spiro atoms. The zero-order chi connectivity index (χ0) is 24.5. The third-order valence-electron chi connectivity index (χ3n) is 4.12. The van der Waals surface area contributed by atoms with Crippen LogP contribution in [0.25, 0.3) is 0 Å². The summed E-state index contributed by atoms with van der Waals surface area (Å²) in [5, 5.41) is 5.45.